The summed E-state index contributed by atoms with van der Waals surface area (Å²) in [6.07, 6.45) is 0. The fourth-order valence-corrected chi connectivity index (χ4v) is 1.57. The normalized spacial score (nSPS) is 9.75. The Morgan fingerprint density at radius 3 is 2.31 bits per heavy atom. The number of hydrogen-bond acceptors (Lipinski definition) is 2. The van der Waals surface area contributed by atoms with Crippen LogP contribution in [0.2, 0.25) is 5.02 Å². The van der Waals surface area contributed by atoms with Crippen molar-refractivity contribution in [1.29, 1.82) is 0 Å². The van der Waals surface area contributed by atoms with E-state index in [9.17, 15) is 4.39 Å². The number of rotatable bonds is 2. The summed E-state index contributed by atoms with van der Waals surface area (Å²) in [6, 6.07) is 3.32. The zero-order chi connectivity index (χ0) is 12.7. The minimum Gasteiger partial charge on any atom is -0.312 e. The van der Waals surface area contributed by atoms with Gasteiger partial charge in [-0.25, -0.2) is 0 Å². The minimum absolute atomic E-state index is 0.175. The van der Waals surface area contributed by atoms with Crippen LogP contribution in [-0.2, 0) is 0 Å². The Kier molecular flexibility index (Phi) is 8.14. The molecule has 1 aromatic rings. The number of halogens is 2. The molecule has 0 aliphatic carbocycles. The van der Waals surface area contributed by atoms with E-state index in [1.165, 1.54) is 0 Å². The molecule has 0 saturated carbocycles. The number of ether oxygens (including phenoxy) is 1. The van der Waals surface area contributed by atoms with E-state index in [0.29, 0.717) is 15.2 Å². The van der Waals surface area contributed by atoms with Crippen molar-refractivity contribution in [2.45, 2.75) is 6.92 Å². The van der Waals surface area contributed by atoms with Crippen LogP contribution in [0.3, 0.4) is 0 Å². The van der Waals surface area contributed by atoms with E-state index < -0.39 is 0 Å². The molecule has 0 atom stereocenters. The maximum absolute atomic E-state index is 13.3. The van der Waals surface area contributed by atoms with E-state index in [1.807, 2.05) is 26.0 Å². The number of benzene rings is 1. The maximum Gasteiger partial charge on any atom is -0.0140 e. The molecule has 0 fully saturated rings. The zero-order valence-corrected chi connectivity index (χ0v) is 13.6. The van der Waals surface area contributed by atoms with E-state index in [0.717, 1.165) is 22.5 Å². The minimum atomic E-state index is -0.331. The van der Waals surface area contributed by atoms with Crippen molar-refractivity contribution in [1.82, 2.24) is 4.90 Å². The Balaban J connectivity index is 0.000000487. The molecule has 0 N–H and O–H groups in total. The quantitative estimate of drug-likeness (QED) is 0.754. The van der Waals surface area contributed by atoms with Crippen LogP contribution < -0.4 is 8.32 Å². The Hall–Kier alpha value is -0.00130. The van der Waals surface area contributed by atoms with Crippen LogP contribution in [0.4, 0.5) is 4.39 Å². The molecule has 3 radical (unpaired) electrons. The number of hydrogen-bond donors (Lipinski definition) is 0. The fourth-order valence-electron chi connectivity index (χ4n) is 0.809. The molecule has 0 saturated heterocycles. The first-order chi connectivity index (χ1) is 7.40. The van der Waals surface area contributed by atoms with Crippen molar-refractivity contribution in [2.24, 2.45) is 0 Å². The maximum atomic E-state index is 13.3. The average Bonchev–Trinajstić information content (AvgIpc) is 2.18. The Labute approximate surface area is 115 Å². The first-order valence-electron chi connectivity index (χ1n) is 4.83. The van der Waals surface area contributed by atoms with Crippen LogP contribution in [0.5, 0.6) is 5.75 Å². The van der Waals surface area contributed by atoms with E-state index in [4.69, 9.17) is 16.3 Å². The van der Waals surface area contributed by atoms with E-state index in [2.05, 4.69) is 0 Å². The Morgan fingerprint density at radius 1 is 1.38 bits per heavy atom. The van der Waals surface area contributed by atoms with Gasteiger partial charge in [0.15, 0.2) is 0 Å². The van der Waals surface area contributed by atoms with Crippen LogP contribution in [0.1, 0.15) is 6.92 Å². The van der Waals surface area contributed by atoms with Gasteiger partial charge < -0.3 is 4.90 Å². The third kappa shape index (κ3) is 5.91. The molecule has 0 spiro atoms. The molecule has 2 nitrogen and oxygen atoms in total. The molecule has 0 aliphatic heterocycles. The molecule has 89 valence electrons. The second kappa shape index (κ2) is 8.14. The summed E-state index contributed by atoms with van der Waals surface area (Å²) in [7, 11) is 6.00. The number of nitrogens with zero attached hydrogens (tertiary/aromatic N) is 1. The van der Waals surface area contributed by atoms with Gasteiger partial charge in [0.25, 0.3) is 0 Å². The summed E-state index contributed by atoms with van der Waals surface area (Å²) in [5.41, 5.74) is 0. The third-order valence-electron chi connectivity index (χ3n) is 1.34. The summed E-state index contributed by atoms with van der Waals surface area (Å²) in [5, 5.41) is 0.334. The van der Waals surface area contributed by atoms with Gasteiger partial charge in [-0.05, 0) is 21.1 Å². The van der Waals surface area contributed by atoms with Gasteiger partial charge in [0.2, 0.25) is 0 Å². The molecule has 0 aliphatic rings. The van der Waals surface area contributed by atoms with Gasteiger partial charge >= 0.3 is 89.1 Å². The SMILES string of the molecule is CCOc1c(Cl)cc[c]([Sn])c1F.CN(C)C. The largest absolute Gasteiger partial charge is 0.312 e. The van der Waals surface area contributed by atoms with Crippen molar-refractivity contribution < 1.29 is 9.13 Å². The van der Waals surface area contributed by atoms with Gasteiger partial charge in [0, 0.05) is 0 Å². The third-order valence-corrected chi connectivity index (χ3v) is 2.74. The Bertz CT molecular complexity index is 331. The molecule has 0 heterocycles. The van der Waals surface area contributed by atoms with Gasteiger partial charge in [-0.1, -0.05) is 0 Å². The van der Waals surface area contributed by atoms with Crippen molar-refractivity contribution in [3.63, 3.8) is 0 Å². The molecule has 0 unspecified atom stereocenters. The molecular formula is C11H16ClFNOSn. The molecule has 1 aromatic carbocycles. The van der Waals surface area contributed by atoms with Gasteiger partial charge in [0.05, 0.1) is 0 Å². The fraction of sp³-hybridized carbons (Fsp3) is 0.455. The monoisotopic (exact) mass is 352 g/mol. The Morgan fingerprint density at radius 2 is 1.88 bits per heavy atom. The van der Waals surface area contributed by atoms with Crippen molar-refractivity contribution >= 4 is 37.7 Å². The summed E-state index contributed by atoms with van der Waals surface area (Å²) >= 11 is 6.75. The van der Waals surface area contributed by atoms with E-state index in [1.54, 1.807) is 19.1 Å². The summed E-state index contributed by atoms with van der Waals surface area (Å²) < 4.78 is 19.0. The van der Waals surface area contributed by atoms with Gasteiger partial charge in [-0.15, -0.1) is 0 Å². The van der Waals surface area contributed by atoms with Crippen LogP contribution in [0, 0.1) is 5.82 Å². The first-order valence-corrected chi connectivity index (χ1v) is 6.64. The molecule has 1 rings (SSSR count). The molecule has 0 aromatic heterocycles. The van der Waals surface area contributed by atoms with Crippen molar-refractivity contribution in [2.75, 3.05) is 27.7 Å². The second-order valence-electron chi connectivity index (χ2n) is 3.51. The van der Waals surface area contributed by atoms with Crippen molar-refractivity contribution in [3.05, 3.63) is 23.0 Å². The van der Waals surface area contributed by atoms with Crippen LogP contribution >= 0.6 is 11.6 Å². The van der Waals surface area contributed by atoms with E-state index in [-0.39, 0.29) is 11.6 Å². The van der Waals surface area contributed by atoms with Crippen LogP contribution in [0.25, 0.3) is 0 Å². The van der Waals surface area contributed by atoms with Crippen LogP contribution in [-0.4, -0.2) is 55.2 Å². The molecular weight excluding hydrogens is 335 g/mol. The molecule has 0 amide bonds. The standard InChI is InChI=1S/C8H7ClFO.C3H9N.Sn/c1-2-11-8-6(9)4-3-5-7(8)10;1-4(2)3;/h3-4H,2H2,1H3;1-3H3;. The first kappa shape index (κ1) is 16.0. The predicted octanol–water partition coefficient (Wildman–Crippen LogP) is 1.85. The predicted molar refractivity (Wildman–Crippen MR) is 67.6 cm³/mol. The van der Waals surface area contributed by atoms with E-state index >= 15 is 0 Å². The molecule has 0 bridgehead atoms. The van der Waals surface area contributed by atoms with Gasteiger partial charge in [-0.3, -0.25) is 0 Å². The second-order valence-corrected chi connectivity index (χ2v) is 5.46. The summed E-state index contributed by atoms with van der Waals surface area (Å²) in [6.45, 7) is 2.22. The summed E-state index contributed by atoms with van der Waals surface area (Å²) in [4.78, 5) is 2.00. The smallest absolute Gasteiger partial charge is 0.0140 e. The van der Waals surface area contributed by atoms with Gasteiger partial charge in [-0.2, -0.15) is 0 Å². The average molecular weight is 351 g/mol. The summed E-state index contributed by atoms with van der Waals surface area (Å²) in [5.74, 6) is -0.156. The van der Waals surface area contributed by atoms with Crippen LogP contribution in [0.15, 0.2) is 12.1 Å². The van der Waals surface area contributed by atoms with Crippen molar-refractivity contribution in [3.8, 4) is 5.75 Å². The molecule has 16 heavy (non-hydrogen) atoms. The molecule has 5 heteroatoms. The topological polar surface area (TPSA) is 12.5 Å². The zero-order valence-electron chi connectivity index (χ0n) is 9.97. The van der Waals surface area contributed by atoms with Gasteiger partial charge in [0.1, 0.15) is 0 Å².